The second-order valence-corrected chi connectivity index (χ2v) is 5.01. The molecule has 0 saturated heterocycles. The van der Waals surface area contributed by atoms with Gasteiger partial charge in [0, 0.05) is 11.1 Å². The van der Waals surface area contributed by atoms with E-state index in [-0.39, 0.29) is 0 Å². The van der Waals surface area contributed by atoms with Crippen molar-refractivity contribution < 1.29 is 13.2 Å². The molecule has 1 aromatic carbocycles. The summed E-state index contributed by atoms with van der Waals surface area (Å²) < 4.78 is 39.6. The average molecular weight is 286 g/mol. The van der Waals surface area contributed by atoms with Crippen LogP contribution in [0.5, 0.6) is 0 Å². The van der Waals surface area contributed by atoms with Crippen LogP contribution in [-0.2, 0) is 0 Å². The van der Waals surface area contributed by atoms with Gasteiger partial charge in [0.25, 0.3) is 0 Å². The highest BCUT2D eigenvalue weighted by atomic mass is 32.1. The maximum Gasteiger partial charge on any atom is 0.194 e. The molecule has 1 aromatic heterocycles. The van der Waals surface area contributed by atoms with Gasteiger partial charge in [-0.05, 0) is 31.2 Å². The first-order valence-corrected chi connectivity index (χ1v) is 6.70. The van der Waals surface area contributed by atoms with E-state index in [0.29, 0.717) is 17.1 Å². The number of aryl methyl sites for hydroxylation is 1. The zero-order valence-corrected chi connectivity index (χ0v) is 11.3. The Morgan fingerprint density at radius 1 is 1.26 bits per heavy atom. The number of aromatic nitrogens is 1. The highest BCUT2D eigenvalue weighted by Crippen LogP contribution is 2.27. The first-order valence-electron chi connectivity index (χ1n) is 5.82. The van der Waals surface area contributed by atoms with Crippen molar-refractivity contribution in [3.8, 4) is 0 Å². The topological polar surface area (TPSA) is 24.9 Å². The van der Waals surface area contributed by atoms with Crippen molar-refractivity contribution in [1.29, 1.82) is 0 Å². The molecule has 19 heavy (non-hydrogen) atoms. The van der Waals surface area contributed by atoms with Crippen molar-refractivity contribution in [2.24, 2.45) is 0 Å². The van der Waals surface area contributed by atoms with Crippen LogP contribution in [0.1, 0.15) is 29.2 Å². The summed E-state index contributed by atoms with van der Waals surface area (Å²) >= 11 is 1.40. The number of rotatable bonds is 4. The lowest BCUT2D eigenvalue weighted by Crippen LogP contribution is -2.22. The highest BCUT2D eigenvalue weighted by Gasteiger charge is 2.20. The van der Waals surface area contributed by atoms with Crippen LogP contribution < -0.4 is 5.32 Å². The van der Waals surface area contributed by atoms with E-state index in [0.717, 1.165) is 17.8 Å². The monoisotopic (exact) mass is 286 g/mol. The molecule has 1 unspecified atom stereocenters. The molecule has 6 heteroatoms. The van der Waals surface area contributed by atoms with Crippen molar-refractivity contribution in [3.05, 3.63) is 51.2 Å². The predicted octanol–water partition coefficient (Wildman–Crippen LogP) is 3.57. The minimum absolute atomic E-state index is 0.326. The fraction of sp³-hybridized carbons (Fsp3) is 0.308. The van der Waals surface area contributed by atoms with Crippen molar-refractivity contribution in [2.45, 2.75) is 19.9 Å². The van der Waals surface area contributed by atoms with Crippen LogP contribution >= 0.6 is 11.3 Å². The van der Waals surface area contributed by atoms with Gasteiger partial charge >= 0.3 is 0 Å². The van der Waals surface area contributed by atoms with Crippen LogP contribution in [0.4, 0.5) is 13.2 Å². The molecule has 2 nitrogen and oxygen atoms in total. The molecular weight excluding hydrogens is 273 g/mol. The zero-order valence-electron chi connectivity index (χ0n) is 10.5. The molecule has 1 atom stereocenters. The maximum absolute atomic E-state index is 13.3. The molecule has 1 N–H and O–H groups in total. The summed E-state index contributed by atoms with van der Waals surface area (Å²) in [6.07, 6.45) is 0. The molecular formula is C13H13F3N2S. The third kappa shape index (κ3) is 2.96. The summed E-state index contributed by atoms with van der Waals surface area (Å²) in [5.41, 5.74) is 1.17. The van der Waals surface area contributed by atoms with Gasteiger partial charge in [0.15, 0.2) is 17.5 Å². The number of benzene rings is 1. The normalized spacial score (nSPS) is 12.7. The van der Waals surface area contributed by atoms with E-state index in [4.69, 9.17) is 0 Å². The van der Waals surface area contributed by atoms with E-state index in [9.17, 15) is 13.2 Å². The predicted molar refractivity (Wildman–Crippen MR) is 68.7 cm³/mol. The Kier molecular flexibility index (Phi) is 4.21. The van der Waals surface area contributed by atoms with Gasteiger partial charge < -0.3 is 5.32 Å². The van der Waals surface area contributed by atoms with Gasteiger partial charge in [0.05, 0.1) is 6.04 Å². The lowest BCUT2D eigenvalue weighted by molar-refractivity contribution is 0.442. The van der Waals surface area contributed by atoms with E-state index in [1.54, 1.807) is 0 Å². The molecule has 0 aliphatic heterocycles. The molecule has 0 amide bonds. The maximum atomic E-state index is 13.3. The third-order valence-electron chi connectivity index (χ3n) is 2.63. The van der Waals surface area contributed by atoms with Gasteiger partial charge in [-0.3, -0.25) is 0 Å². The molecule has 0 fully saturated rings. The molecule has 0 radical (unpaired) electrons. The van der Waals surface area contributed by atoms with E-state index >= 15 is 0 Å². The smallest absolute Gasteiger partial charge is 0.194 e. The van der Waals surface area contributed by atoms with E-state index in [1.807, 2.05) is 19.2 Å². The number of thiazole rings is 1. The molecule has 102 valence electrons. The van der Waals surface area contributed by atoms with Crippen LogP contribution in [0.15, 0.2) is 17.5 Å². The summed E-state index contributed by atoms with van der Waals surface area (Å²) in [6, 6.07) is 1.57. The van der Waals surface area contributed by atoms with Gasteiger partial charge in [0.1, 0.15) is 5.01 Å². The Balaban J connectivity index is 2.44. The summed E-state index contributed by atoms with van der Waals surface area (Å²) in [5.74, 6) is -3.83. The third-order valence-corrected chi connectivity index (χ3v) is 3.66. The van der Waals surface area contributed by atoms with Crippen molar-refractivity contribution >= 4 is 11.3 Å². The summed E-state index contributed by atoms with van der Waals surface area (Å²) in [4.78, 5) is 4.31. The lowest BCUT2D eigenvalue weighted by atomic mass is 10.1. The quantitative estimate of drug-likeness (QED) is 0.869. The Labute approximate surface area is 113 Å². The first kappa shape index (κ1) is 14.0. The van der Waals surface area contributed by atoms with E-state index in [2.05, 4.69) is 10.3 Å². The highest BCUT2D eigenvalue weighted by molar-refractivity contribution is 7.09. The molecule has 0 aliphatic rings. The number of hydrogen-bond donors (Lipinski definition) is 1. The van der Waals surface area contributed by atoms with Crippen molar-refractivity contribution in [2.75, 3.05) is 6.54 Å². The molecule has 2 rings (SSSR count). The van der Waals surface area contributed by atoms with Gasteiger partial charge in [-0.25, -0.2) is 18.2 Å². The number of hydrogen-bond acceptors (Lipinski definition) is 3. The Morgan fingerprint density at radius 3 is 2.37 bits per heavy atom. The lowest BCUT2D eigenvalue weighted by Gasteiger charge is -2.16. The standard InChI is InChI=1S/C13H13F3N2S/c1-3-17-12(13-18-7(2)6-19-13)8-4-9(14)11(16)10(15)5-8/h4-6,12,17H,3H2,1-2H3. The second-order valence-electron chi connectivity index (χ2n) is 4.12. The van der Waals surface area contributed by atoms with Crippen LogP contribution in [0.2, 0.25) is 0 Å². The Bertz CT molecular complexity index is 560. The fourth-order valence-electron chi connectivity index (χ4n) is 1.80. The minimum atomic E-state index is -1.45. The Hall–Kier alpha value is -1.40. The molecule has 0 aliphatic carbocycles. The summed E-state index contributed by atoms with van der Waals surface area (Å²) in [6.45, 7) is 4.32. The zero-order chi connectivity index (χ0) is 14.0. The fourth-order valence-corrected chi connectivity index (χ4v) is 2.69. The Morgan fingerprint density at radius 2 is 1.89 bits per heavy atom. The number of nitrogens with zero attached hydrogens (tertiary/aromatic N) is 1. The van der Waals surface area contributed by atoms with Gasteiger partial charge in [-0.15, -0.1) is 11.3 Å². The molecule has 2 aromatic rings. The van der Waals surface area contributed by atoms with Crippen LogP contribution in [0, 0.1) is 24.4 Å². The minimum Gasteiger partial charge on any atom is -0.305 e. The molecule has 0 spiro atoms. The van der Waals surface area contributed by atoms with Crippen LogP contribution in [-0.4, -0.2) is 11.5 Å². The number of nitrogens with one attached hydrogen (secondary N) is 1. The second kappa shape index (κ2) is 5.71. The first-order chi connectivity index (χ1) is 9.02. The van der Waals surface area contributed by atoms with Gasteiger partial charge in [-0.1, -0.05) is 6.92 Å². The molecule has 1 heterocycles. The SMILES string of the molecule is CCNC(c1cc(F)c(F)c(F)c1)c1nc(C)cs1. The van der Waals surface area contributed by atoms with E-state index < -0.39 is 23.5 Å². The number of halogens is 3. The van der Waals surface area contributed by atoms with E-state index in [1.165, 1.54) is 11.3 Å². The van der Waals surface area contributed by atoms with Crippen molar-refractivity contribution in [3.63, 3.8) is 0 Å². The largest absolute Gasteiger partial charge is 0.305 e. The van der Waals surface area contributed by atoms with Gasteiger partial charge in [0.2, 0.25) is 0 Å². The average Bonchev–Trinajstić information content (AvgIpc) is 2.79. The van der Waals surface area contributed by atoms with Gasteiger partial charge in [-0.2, -0.15) is 0 Å². The van der Waals surface area contributed by atoms with Crippen molar-refractivity contribution in [1.82, 2.24) is 10.3 Å². The summed E-state index contributed by atoms with van der Waals surface area (Å²) in [5, 5.41) is 5.65. The van der Waals surface area contributed by atoms with Crippen LogP contribution in [0.3, 0.4) is 0 Å². The summed E-state index contributed by atoms with van der Waals surface area (Å²) in [7, 11) is 0. The van der Waals surface area contributed by atoms with Crippen LogP contribution in [0.25, 0.3) is 0 Å². The molecule has 0 bridgehead atoms. The molecule has 0 saturated carbocycles.